The smallest absolute Gasteiger partial charge is 0.263 e. The van der Waals surface area contributed by atoms with Crippen LogP contribution in [0.1, 0.15) is 41.7 Å². The maximum atomic E-state index is 12.9. The van der Waals surface area contributed by atoms with Gasteiger partial charge in [-0.2, -0.15) is 0 Å². The predicted octanol–water partition coefficient (Wildman–Crippen LogP) is 3.52. The zero-order valence-electron chi connectivity index (χ0n) is 18.3. The third kappa shape index (κ3) is 4.51. The van der Waals surface area contributed by atoms with Crippen LogP contribution in [0.3, 0.4) is 0 Å². The topological polar surface area (TPSA) is 94.8 Å². The SMILES string of the molecule is COc1cccc(O[C@H](C)C(=O)N2CCC(c3nc4ccccc4cc3C(N)=O)CC2)c1. The molecule has 1 atom stereocenters. The standard InChI is InChI=1S/C25H27N3O4/c1-16(32-20-8-5-7-19(15-20)31-2)25(30)28-12-10-17(11-13-28)23-21(24(26)29)14-18-6-3-4-9-22(18)27-23/h3-9,14-17H,10-13H2,1-2H3,(H2,26,29)/t16-/m1/s1. The molecule has 7 nitrogen and oxygen atoms in total. The van der Waals surface area contributed by atoms with E-state index in [1.807, 2.05) is 47.4 Å². The van der Waals surface area contributed by atoms with Crippen molar-refractivity contribution in [3.63, 3.8) is 0 Å². The first-order valence-electron chi connectivity index (χ1n) is 10.7. The molecule has 0 aliphatic carbocycles. The lowest BCUT2D eigenvalue weighted by molar-refractivity contribution is -0.139. The van der Waals surface area contributed by atoms with Crippen LogP contribution in [0.15, 0.2) is 54.6 Å². The maximum Gasteiger partial charge on any atom is 0.263 e. The van der Waals surface area contributed by atoms with Crippen LogP contribution in [-0.4, -0.2) is 48.0 Å². The molecule has 2 aromatic carbocycles. The average Bonchev–Trinajstić information content (AvgIpc) is 2.82. The van der Waals surface area contributed by atoms with E-state index < -0.39 is 12.0 Å². The van der Waals surface area contributed by atoms with Crippen molar-refractivity contribution in [2.75, 3.05) is 20.2 Å². The summed E-state index contributed by atoms with van der Waals surface area (Å²) in [6.45, 7) is 2.90. The van der Waals surface area contributed by atoms with E-state index in [9.17, 15) is 9.59 Å². The number of aromatic nitrogens is 1. The lowest BCUT2D eigenvalue weighted by Crippen LogP contribution is -2.44. The molecule has 2 N–H and O–H groups in total. The van der Waals surface area contributed by atoms with Gasteiger partial charge in [0.15, 0.2) is 6.10 Å². The minimum Gasteiger partial charge on any atom is -0.497 e. The number of primary amides is 1. The van der Waals surface area contributed by atoms with Gasteiger partial charge in [-0.25, -0.2) is 0 Å². The number of pyridine rings is 1. The largest absolute Gasteiger partial charge is 0.497 e. The van der Waals surface area contributed by atoms with Gasteiger partial charge in [0.2, 0.25) is 0 Å². The number of amides is 2. The molecule has 0 spiro atoms. The molecular weight excluding hydrogens is 406 g/mol. The van der Waals surface area contributed by atoms with Crippen molar-refractivity contribution in [3.8, 4) is 11.5 Å². The highest BCUT2D eigenvalue weighted by molar-refractivity contribution is 5.97. The number of nitrogens with two attached hydrogens (primary N) is 1. The predicted molar refractivity (Wildman–Crippen MR) is 122 cm³/mol. The zero-order valence-corrected chi connectivity index (χ0v) is 18.3. The molecule has 1 aliphatic heterocycles. The number of likely N-dealkylation sites (tertiary alicyclic amines) is 1. The van der Waals surface area contributed by atoms with Crippen LogP contribution in [-0.2, 0) is 4.79 Å². The maximum absolute atomic E-state index is 12.9. The van der Waals surface area contributed by atoms with E-state index in [4.69, 9.17) is 20.2 Å². The Labute approximate surface area is 187 Å². The molecule has 1 aromatic heterocycles. The Morgan fingerprint density at radius 2 is 1.78 bits per heavy atom. The van der Waals surface area contributed by atoms with E-state index in [0.29, 0.717) is 43.0 Å². The summed E-state index contributed by atoms with van der Waals surface area (Å²) in [4.78, 5) is 31.6. The van der Waals surface area contributed by atoms with Crippen LogP contribution in [0, 0.1) is 0 Å². The van der Waals surface area contributed by atoms with Crippen LogP contribution >= 0.6 is 0 Å². The third-order valence-corrected chi connectivity index (χ3v) is 5.91. The molecule has 32 heavy (non-hydrogen) atoms. The van der Waals surface area contributed by atoms with Gasteiger partial charge < -0.3 is 20.1 Å². The first kappa shape index (κ1) is 21.6. The second kappa shape index (κ2) is 9.26. The summed E-state index contributed by atoms with van der Waals surface area (Å²) in [5.74, 6) is 0.799. The number of para-hydroxylation sites is 1. The number of hydrogen-bond acceptors (Lipinski definition) is 5. The van der Waals surface area contributed by atoms with Gasteiger partial charge in [0.1, 0.15) is 11.5 Å². The van der Waals surface area contributed by atoms with Gasteiger partial charge in [-0.1, -0.05) is 24.3 Å². The van der Waals surface area contributed by atoms with Gasteiger partial charge in [0, 0.05) is 30.5 Å². The Kier molecular flexibility index (Phi) is 6.25. The summed E-state index contributed by atoms with van der Waals surface area (Å²) in [7, 11) is 1.59. The van der Waals surface area contributed by atoms with E-state index >= 15 is 0 Å². The molecule has 1 saturated heterocycles. The highest BCUT2D eigenvalue weighted by Crippen LogP contribution is 2.31. The number of piperidine rings is 1. The van der Waals surface area contributed by atoms with Crippen LogP contribution in [0.2, 0.25) is 0 Å². The van der Waals surface area contributed by atoms with Crippen molar-refractivity contribution in [3.05, 3.63) is 65.9 Å². The number of hydrogen-bond donors (Lipinski definition) is 1. The van der Waals surface area contributed by atoms with Crippen molar-refractivity contribution in [1.29, 1.82) is 0 Å². The van der Waals surface area contributed by atoms with Crippen LogP contribution in [0.4, 0.5) is 0 Å². The Balaban J connectivity index is 1.44. The van der Waals surface area contributed by atoms with E-state index in [0.717, 1.165) is 16.6 Å². The van der Waals surface area contributed by atoms with Crippen LogP contribution < -0.4 is 15.2 Å². The van der Waals surface area contributed by atoms with Gasteiger partial charge in [-0.3, -0.25) is 14.6 Å². The zero-order chi connectivity index (χ0) is 22.7. The summed E-state index contributed by atoms with van der Waals surface area (Å²) < 4.78 is 11.0. The fourth-order valence-electron chi connectivity index (χ4n) is 4.20. The lowest BCUT2D eigenvalue weighted by Gasteiger charge is -2.33. The Morgan fingerprint density at radius 3 is 2.50 bits per heavy atom. The molecule has 1 fully saturated rings. The fraction of sp³-hybridized carbons (Fsp3) is 0.320. The number of carbonyl (C=O) groups excluding carboxylic acids is 2. The van der Waals surface area contributed by atoms with Gasteiger partial charge in [-0.15, -0.1) is 0 Å². The summed E-state index contributed by atoms with van der Waals surface area (Å²) in [5.41, 5.74) is 7.68. The first-order chi connectivity index (χ1) is 15.5. The van der Waals surface area contributed by atoms with E-state index in [2.05, 4.69) is 0 Å². The molecule has 7 heteroatoms. The monoisotopic (exact) mass is 433 g/mol. The Hall–Kier alpha value is -3.61. The number of benzene rings is 2. The second-order valence-electron chi connectivity index (χ2n) is 8.02. The lowest BCUT2D eigenvalue weighted by atomic mass is 9.89. The quantitative estimate of drug-likeness (QED) is 0.642. The number of fused-ring (bicyclic) bond motifs is 1. The third-order valence-electron chi connectivity index (χ3n) is 5.91. The van der Waals surface area contributed by atoms with Crippen molar-refractivity contribution in [2.24, 2.45) is 5.73 Å². The van der Waals surface area contributed by atoms with E-state index in [1.165, 1.54) is 0 Å². The molecular formula is C25H27N3O4. The van der Waals surface area contributed by atoms with Gasteiger partial charge in [-0.05, 0) is 44.0 Å². The Morgan fingerprint density at radius 1 is 1.06 bits per heavy atom. The van der Waals surface area contributed by atoms with Crippen LogP contribution in [0.5, 0.6) is 11.5 Å². The van der Waals surface area contributed by atoms with Crippen molar-refractivity contribution < 1.29 is 19.1 Å². The average molecular weight is 434 g/mol. The highest BCUT2D eigenvalue weighted by atomic mass is 16.5. The first-order valence-corrected chi connectivity index (χ1v) is 10.7. The van der Waals surface area contributed by atoms with E-state index in [1.54, 1.807) is 26.2 Å². The van der Waals surface area contributed by atoms with Gasteiger partial charge in [0.25, 0.3) is 11.8 Å². The molecule has 166 valence electrons. The van der Waals surface area contributed by atoms with Crippen molar-refractivity contribution >= 4 is 22.7 Å². The second-order valence-corrected chi connectivity index (χ2v) is 8.02. The number of ether oxygens (including phenoxy) is 2. The molecule has 3 aromatic rings. The molecule has 0 saturated carbocycles. The van der Waals surface area contributed by atoms with Crippen LogP contribution in [0.25, 0.3) is 10.9 Å². The summed E-state index contributed by atoms with van der Waals surface area (Å²) in [5, 5.41) is 0.890. The number of carbonyl (C=O) groups is 2. The Bertz CT molecular complexity index is 1140. The highest BCUT2D eigenvalue weighted by Gasteiger charge is 2.30. The molecule has 2 amide bonds. The molecule has 0 radical (unpaired) electrons. The number of nitrogens with zero attached hydrogens (tertiary/aromatic N) is 2. The molecule has 0 bridgehead atoms. The number of rotatable bonds is 6. The van der Waals surface area contributed by atoms with E-state index in [-0.39, 0.29) is 11.8 Å². The molecule has 4 rings (SSSR count). The summed E-state index contributed by atoms with van der Waals surface area (Å²) in [6, 6.07) is 16.7. The normalized spacial score (nSPS) is 15.4. The van der Waals surface area contributed by atoms with Crippen molar-refractivity contribution in [2.45, 2.75) is 31.8 Å². The van der Waals surface area contributed by atoms with Gasteiger partial charge >= 0.3 is 0 Å². The molecule has 2 heterocycles. The summed E-state index contributed by atoms with van der Waals surface area (Å²) in [6.07, 6.45) is 0.811. The fourth-order valence-corrected chi connectivity index (χ4v) is 4.20. The summed E-state index contributed by atoms with van der Waals surface area (Å²) >= 11 is 0. The van der Waals surface area contributed by atoms with Crippen molar-refractivity contribution in [1.82, 2.24) is 9.88 Å². The molecule has 1 aliphatic rings. The molecule has 0 unspecified atom stereocenters. The van der Waals surface area contributed by atoms with Gasteiger partial charge in [0.05, 0.1) is 23.9 Å². The minimum absolute atomic E-state index is 0.0622. The number of methoxy groups -OCH3 is 1. The minimum atomic E-state index is -0.612.